The lowest BCUT2D eigenvalue weighted by atomic mass is 10.1. The second-order valence-electron chi connectivity index (χ2n) is 5.77. The Balaban J connectivity index is 1.83. The zero-order chi connectivity index (χ0) is 15.7. The molecule has 2 heterocycles. The number of hydrogen-bond acceptors (Lipinski definition) is 3. The van der Waals surface area contributed by atoms with E-state index in [-0.39, 0.29) is 11.7 Å². The van der Waals surface area contributed by atoms with E-state index >= 15 is 0 Å². The highest BCUT2D eigenvalue weighted by molar-refractivity contribution is 7.17. The molecule has 3 nitrogen and oxygen atoms in total. The maximum absolute atomic E-state index is 13.0. The first-order chi connectivity index (χ1) is 10.6. The van der Waals surface area contributed by atoms with Gasteiger partial charge in [0.1, 0.15) is 5.82 Å². The molecule has 1 atom stereocenters. The van der Waals surface area contributed by atoms with Crippen molar-refractivity contribution in [2.45, 2.75) is 13.3 Å². The Hall–Kier alpha value is -1.72. The van der Waals surface area contributed by atoms with Crippen LogP contribution in [0.3, 0.4) is 0 Å². The quantitative estimate of drug-likeness (QED) is 0.944. The van der Waals surface area contributed by atoms with Crippen molar-refractivity contribution in [1.82, 2.24) is 4.90 Å². The first-order valence-corrected chi connectivity index (χ1v) is 8.26. The third kappa shape index (κ3) is 2.91. The lowest BCUT2D eigenvalue weighted by Crippen LogP contribution is -2.29. The summed E-state index contributed by atoms with van der Waals surface area (Å²) in [5.41, 5.74) is 7.68. The van der Waals surface area contributed by atoms with Crippen molar-refractivity contribution in [3.63, 3.8) is 0 Å². The first kappa shape index (κ1) is 15.2. The molecule has 0 bridgehead atoms. The van der Waals surface area contributed by atoms with Crippen molar-refractivity contribution in [3.05, 3.63) is 46.6 Å². The van der Waals surface area contributed by atoms with Crippen LogP contribution in [0.1, 0.15) is 21.7 Å². The van der Waals surface area contributed by atoms with Gasteiger partial charge in [-0.05, 0) is 55.1 Å². The van der Waals surface area contributed by atoms with Gasteiger partial charge in [0.15, 0.2) is 0 Å². The predicted molar refractivity (Wildman–Crippen MR) is 87.5 cm³/mol. The SMILES string of the molecule is Cc1cc(C(=O)N2CC[C@@H](CN)C2)sc1-c1ccc(F)cc1. The topological polar surface area (TPSA) is 46.3 Å². The maximum Gasteiger partial charge on any atom is 0.263 e. The molecule has 1 saturated heterocycles. The standard InChI is InChI=1S/C17H19FN2OS/c1-11-8-15(17(21)20-7-6-12(9-19)10-20)22-16(11)13-2-4-14(18)5-3-13/h2-5,8,12H,6-7,9-10,19H2,1H3/t12-/m0/s1. The number of nitrogens with zero attached hydrogens (tertiary/aromatic N) is 1. The molecule has 0 aliphatic carbocycles. The summed E-state index contributed by atoms with van der Waals surface area (Å²) >= 11 is 1.48. The van der Waals surface area contributed by atoms with E-state index in [4.69, 9.17) is 5.73 Å². The zero-order valence-electron chi connectivity index (χ0n) is 12.5. The van der Waals surface area contributed by atoms with Gasteiger partial charge in [0.25, 0.3) is 5.91 Å². The molecule has 1 amide bonds. The van der Waals surface area contributed by atoms with E-state index in [9.17, 15) is 9.18 Å². The number of amides is 1. The van der Waals surface area contributed by atoms with Crippen LogP contribution in [0.2, 0.25) is 0 Å². The van der Waals surface area contributed by atoms with Crippen molar-refractivity contribution in [2.75, 3.05) is 19.6 Å². The highest BCUT2D eigenvalue weighted by Crippen LogP contribution is 2.33. The summed E-state index contributed by atoms with van der Waals surface area (Å²) in [6.45, 7) is 4.15. The summed E-state index contributed by atoms with van der Waals surface area (Å²) in [6.07, 6.45) is 0.984. The molecule has 1 aromatic heterocycles. The molecule has 0 radical (unpaired) electrons. The van der Waals surface area contributed by atoms with Crippen molar-refractivity contribution in [2.24, 2.45) is 11.7 Å². The van der Waals surface area contributed by atoms with E-state index in [2.05, 4.69) is 0 Å². The number of likely N-dealkylation sites (tertiary alicyclic amines) is 1. The molecule has 22 heavy (non-hydrogen) atoms. The second-order valence-corrected chi connectivity index (χ2v) is 6.82. The van der Waals surface area contributed by atoms with Gasteiger partial charge in [-0.1, -0.05) is 12.1 Å². The van der Waals surface area contributed by atoms with Gasteiger partial charge >= 0.3 is 0 Å². The van der Waals surface area contributed by atoms with Gasteiger partial charge in [-0.3, -0.25) is 4.79 Å². The van der Waals surface area contributed by atoms with Crippen LogP contribution in [-0.4, -0.2) is 30.4 Å². The summed E-state index contributed by atoms with van der Waals surface area (Å²) in [6, 6.07) is 8.33. The Morgan fingerprint density at radius 3 is 2.77 bits per heavy atom. The molecule has 116 valence electrons. The largest absolute Gasteiger partial charge is 0.338 e. The van der Waals surface area contributed by atoms with E-state index < -0.39 is 0 Å². The summed E-state index contributed by atoms with van der Waals surface area (Å²) in [5, 5.41) is 0. The lowest BCUT2D eigenvalue weighted by Gasteiger charge is -2.14. The van der Waals surface area contributed by atoms with Crippen LogP contribution in [0, 0.1) is 18.7 Å². The monoisotopic (exact) mass is 318 g/mol. The van der Waals surface area contributed by atoms with Gasteiger partial charge in [0.05, 0.1) is 4.88 Å². The molecule has 2 aromatic rings. The Morgan fingerprint density at radius 1 is 1.41 bits per heavy atom. The minimum atomic E-state index is -0.251. The number of carbonyl (C=O) groups excluding carboxylic acids is 1. The van der Waals surface area contributed by atoms with Crippen LogP contribution in [-0.2, 0) is 0 Å². The van der Waals surface area contributed by atoms with Gasteiger partial charge in [-0.15, -0.1) is 11.3 Å². The number of hydrogen-bond donors (Lipinski definition) is 1. The number of nitrogens with two attached hydrogens (primary N) is 1. The van der Waals surface area contributed by atoms with Gasteiger partial charge < -0.3 is 10.6 Å². The van der Waals surface area contributed by atoms with Crippen LogP contribution in [0.25, 0.3) is 10.4 Å². The van der Waals surface area contributed by atoms with E-state index in [0.29, 0.717) is 12.5 Å². The smallest absolute Gasteiger partial charge is 0.263 e. The third-order valence-electron chi connectivity index (χ3n) is 4.14. The molecule has 5 heteroatoms. The second kappa shape index (κ2) is 6.18. The first-order valence-electron chi connectivity index (χ1n) is 7.44. The van der Waals surface area contributed by atoms with E-state index in [0.717, 1.165) is 40.4 Å². The van der Waals surface area contributed by atoms with Gasteiger partial charge in [-0.2, -0.15) is 0 Å². The average Bonchev–Trinajstić information content (AvgIpc) is 3.14. The number of thiophene rings is 1. The van der Waals surface area contributed by atoms with Gasteiger partial charge in [0.2, 0.25) is 0 Å². The molecular weight excluding hydrogens is 299 g/mol. The van der Waals surface area contributed by atoms with Gasteiger partial charge in [0, 0.05) is 18.0 Å². The van der Waals surface area contributed by atoms with Crippen LogP contribution in [0.15, 0.2) is 30.3 Å². The van der Waals surface area contributed by atoms with Crippen molar-refractivity contribution < 1.29 is 9.18 Å². The maximum atomic E-state index is 13.0. The van der Waals surface area contributed by atoms with Crippen LogP contribution in [0.4, 0.5) is 4.39 Å². The van der Waals surface area contributed by atoms with E-state index in [1.807, 2.05) is 17.9 Å². The third-order valence-corrected chi connectivity index (χ3v) is 5.42. The van der Waals surface area contributed by atoms with Gasteiger partial charge in [-0.25, -0.2) is 4.39 Å². The van der Waals surface area contributed by atoms with Crippen LogP contribution >= 0.6 is 11.3 Å². The summed E-state index contributed by atoms with van der Waals surface area (Å²) in [4.78, 5) is 16.3. The molecule has 1 aromatic carbocycles. The lowest BCUT2D eigenvalue weighted by molar-refractivity contribution is 0.0792. The Morgan fingerprint density at radius 2 is 2.14 bits per heavy atom. The fourth-order valence-electron chi connectivity index (χ4n) is 2.84. The molecule has 3 rings (SSSR count). The van der Waals surface area contributed by atoms with E-state index in [1.54, 1.807) is 12.1 Å². The molecule has 1 aliphatic heterocycles. The summed E-state index contributed by atoms with van der Waals surface area (Å²) in [5.74, 6) is 0.248. The van der Waals surface area contributed by atoms with Crippen molar-refractivity contribution in [3.8, 4) is 10.4 Å². The number of aryl methyl sites for hydroxylation is 1. The number of benzene rings is 1. The van der Waals surface area contributed by atoms with E-state index in [1.165, 1.54) is 23.5 Å². The number of halogens is 1. The molecule has 1 aliphatic rings. The normalized spacial score (nSPS) is 18.0. The number of rotatable bonds is 3. The van der Waals surface area contributed by atoms with Crippen LogP contribution in [0.5, 0.6) is 0 Å². The zero-order valence-corrected chi connectivity index (χ0v) is 13.3. The minimum Gasteiger partial charge on any atom is -0.338 e. The fraction of sp³-hybridized carbons (Fsp3) is 0.353. The highest BCUT2D eigenvalue weighted by atomic mass is 32.1. The highest BCUT2D eigenvalue weighted by Gasteiger charge is 2.27. The Bertz CT molecular complexity index is 680. The summed E-state index contributed by atoms with van der Waals surface area (Å²) in [7, 11) is 0. The molecular formula is C17H19FN2OS. The Labute approximate surface area is 133 Å². The molecule has 0 unspecified atom stereocenters. The minimum absolute atomic E-state index is 0.0809. The average molecular weight is 318 g/mol. The molecule has 1 fully saturated rings. The molecule has 0 spiro atoms. The summed E-state index contributed by atoms with van der Waals surface area (Å²) < 4.78 is 13.0. The Kier molecular flexibility index (Phi) is 4.27. The molecule has 2 N–H and O–H groups in total. The van der Waals surface area contributed by atoms with Crippen LogP contribution < -0.4 is 5.73 Å². The number of carbonyl (C=O) groups is 1. The molecule has 0 saturated carbocycles. The predicted octanol–water partition coefficient (Wildman–Crippen LogP) is 3.28. The van der Waals surface area contributed by atoms with Crippen molar-refractivity contribution >= 4 is 17.2 Å². The van der Waals surface area contributed by atoms with Crippen molar-refractivity contribution in [1.29, 1.82) is 0 Å². The fourth-order valence-corrected chi connectivity index (χ4v) is 3.99.